The summed E-state index contributed by atoms with van der Waals surface area (Å²) in [6, 6.07) is 2.75. The highest BCUT2D eigenvalue weighted by atomic mass is 35.5. The Morgan fingerprint density at radius 2 is 2.05 bits per heavy atom. The summed E-state index contributed by atoms with van der Waals surface area (Å²) in [5, 5.41) is 9.62. The van der Waals surface area contributed by atoms with Gasteiger partial charge < -0.3 is 5.11 Å². The summed E-state index contributed by atoms with van der Waals surface area (Å²) in [6.45, 7) is 2.77. The molecule has 0 saturated carbocycles. The van der Waals surface area contributed by atoms with Gasteiger partial charge in [0.25, 0.3) is 0 Å². The normalized spacial score (nSPS) is 20.7. The molecule has 0 spiro atoms. The van der Waals surface area contributed by atoms with Crippen molar-refractivity contribution < 1.29 is 13.5 Å². The molecule has 0 amide bonds. The van der Waals surface area contributed by atoms with Crippen LogP contribution < -0.4 is 0 Å². The summed E-state index contributed by atoms with van der Waals surface area (Å²) in [6.07, 6.45) is 2.87. The van der Waals surface area contributed by atoms with Crippen molar-refractivity contribution in [2.24, 2.45) is 5.92 Å². The van der Waals surface area contributed by atoms with Crippen molar-refractivity contribution in [3.05, 3.63) is 27.7 Å². The number of hydrogen-bond acceptors (Lipinski definition) is 3. The molecule has 1 aromatic carbocycles. The fourth-order valence-electron chi connectivity index (χ4n) is 2.61. The lowest BCUT2D eigenvalue weighted by atomic mass is 9.97. The minimum Gasteiger partial charge on any atom is -0.392 e. The number of rotatable bonds is 4. The van der Waals surface area contributed by atoms with E-state index in [1.54, 1.807) is 0 Å². The average molecular weight is 352 g/mol. The smallest absolute Gasteiger partial charge is 0.244 e. The molecule has 1 fully saturated rings. The number of aliphatic hydroxyl groups excluding tert-OH is 1. The zero-order chi connectivity index (χ0) is 15.6. The van der Waals surface area contributed by atoms with Crippen molar-refractivity contribution in [2.45, 2.75) is 37.7 Å². The van der Waals surface area contributed by atoms with E-state index in [0.717, 1.165) is 19.3 Å². The van der Waals surface area contributed by atoms with Gasteiger partial charge in [-0.05, 0) is 36.5 Å². The molecule has 1 saturated heterocycles. The van der Waals surface area contributed by atoms with E-state index >= 15 is 0 Å². The maximum atomic E-state index is 12.8. The Balaban J connectivity index is 2.39. The van der Waals surface area contributed by atoms with Crippen LogP contribution >= 0.6 is 23.2 Å². The van der Waals surface area contributed by atoms with Gasteiger partial charge in [0.1, 0.15) is 4.90 Å². The van der Waals surface area contributed by atoms with E-state index < -0.39 is 10.0 Å². The van der Waals surface area contributed by atoms with Crippen molar-refractivity contribution >= 4 is 33.2 Å². The van der Waals surface area contributed by atoms with Crippen LogP contribution in [0, 0.1) is 5.92 Å². The fourth-order valence-corrected chi connectivity index (χ4v) is 4.99. The molecule has 0 bridgehead atoms. The monoisotopic (exact) mass is 351 g/mol. The summed E-state index contributed by atoms with van der Waals surface area (Å²) in [5.41, 5.74) is 0.365. The Kier molecular flexibility index (Phi) is 5.54. The Bertz CT molecular complexity index is 619. The highest BCUT2D eigenvalue weighted by Crippen LogP contribution is 2.32. The first-order chi connectivity index (χ1) is 9.90. The number of hydrogen-bond donors (Lipinski definition) is 1. The van der Waals surface area contributed by atoms with Crippen LogP contribution in [-0.4, -0.2) is 30.9 Å². The van der Waals surface area contributed by atoms with Gasteiger partial charge in [-0.15, -0.1) is 0 Å². The van der Waals surface area contributed by atoms with E-state index in [2.05, 4.69) is 6.92 Å². The average Bonchev–Trinajstić information content (AvgIpc) is 2.47. The minimum absolute atomic E-state index is 0.0226. The van der Waals surface area contributed by atoms with Crippen molar-refractivity contribution in [3.63, 3.8) is 0 Å². The highest BCUT2D eigenvalue weighted by molar-refractivity contribution is 7.89. The molecule has 0 aromatic heterocycles. The van der Waals surface area contributed by atoms with Crippen LogP contribution in [0.25, 0.3) is 0 Å². The third-order valence-electron chi connectivity index (χ3n) is 3.95. The number of halogens is 2. The van der Waals surface area contributed by atoms with Gasteiger partial charge >= 0.3 is 0 Å². The molecule has 1 aliphatic rings. The molecular formula is C14H19Cl2NO3S. The zero-order valence-corrected chi connectivity index (χ0v) is 14.2. The summed E-state index contributed by atoms with van der Waals surface area (Å²) in [7, 11) is -3.65. The van der Waals surface area contributed by atoms with E-state index in [1.165, 1.54) is 16.4 Å². The van der Waals surface area contributed by atoms with E-state index in [4.69, 9.17) is 23.2 Å². The number of aliphatic hydroxyl groups is 1. The highest BCUT2D eigenvalue weighted by Gasteiger charge is 2.31. The second-order valence-corrected chi connectivity index (χ2v) is 8.03. The first-order valence-corrected chi connectivity index (χ1v) is 9.18. The van der Waals surface area contributed by atoms with Crippen LogP contribution in [-0.2, 0) is 16.6 Å². The van der Waals surface area contributed by atoms with Crippen molar-refractivity contribution in [1.29, 1.82) is 0 Å². The zero-order valence-electron chi connectivity index (χ0n) is 11.8. The Hall–Kier alpha value is -0.330. The number of piperidine rings is 1. The second kappa shape index (κ2) is 6.84. The first kappa shape index (κ1) is 17.0. The van der Waals surface area contributed by atoms with Gasteiger partial charge in [0, 0.05) is 18.1 Å². The third kappa shape index (κ3) is 3.54. The number of nitrogens with zero attached hydrogens (tertiary/aromatic N) is 1. The SMILES string of the molecule is CCC1CCCN(S(=O)(=O)c2cc(CO)c(Cl)cc2Cl)C1. The molecular weight excluding hydrogens is 333 g/mol. The molecule has 118 valence electrons. The van der Waals surface area contributed by atoms with Crippen molar-refractivity contribution in [1.82, 2.24) is 4.31 Å². The van der Waals surface area contributed by atoms with Gasteiger partial charge in [-0.25, -0.2) is 8.42 Å². The predicted molar refractivity (Wildman–Crippen MR) is 84.2 cm³/mol. The van der Waals surface area contributed by atoms with Gasteiger partial charge in [0.05, 0.1) is 11.6 Å². The lowest BCUT2D eigenvalue weighted by Crippen LogP contribution is -2.39. The molecule has 1 aliphatic heterocycles. The summed E-state index contributed by atoms with van der Waals surface area (Å²) < 4.78 is 27.0. The molecule has 1 atom stereocenters. The fraction of sp³-hybridized carbons (Fsp3) is 0.571. The largest absolute Gasteiger partial charge is 0.392 e. The van der Waals surface area contributed by atoms with Gasteiger partial charge in [-0.1, -0.05) is 36.5 Å². The van der Waals surface area contributed by atoms with Crippen LogP contribution in [0.4, 0.5) is 0 Å². The number of benzene rings is 1. The third-order valence-corrected chi connectivity index (χ3v) is 6.63. The first-order valence-electron chi connectivity index (χ1n) is 6.99. The Labute approximate surface area is 135 Å². The molecule has 0 aliphatic carbocycles. The molecule has 4 nitrogen and oxygen atoms in total. The maximum Gasteiger partial charge on any atom is 0.244 e. The maximum absolute atomic E-state index is 12.8. The topological polar surface area (TPSA) is 57.6 Å². The van der Waals surface area contributed by atoms with Gasteiger partial charge in [0.15, 0.2) is 0 Å². The van der Waals surface area contributed by atoms with Gasteiger partial charge in [-0.2, -0.15) is 4.31 Å². The summed E-state index contributed by atoms with van der Waals surface area (Å²) in [5.74, 6) is 0.386. The van der Waals surface area contributed by atoms with E-state index in [0.29, 0.717) is 24.6 Å². The predicted octanol–water partition coefficient (Wildman–Crippen LogP) is 3.30. The lowest BCUT2D eigenvalue weighted by molar-refractivity contribution is 0.261. The minimum atomic E-state index is -3.65. The summed E-state index contributed by atoms with van der Waals surface area (Å²) in [4.78, 5) is 0.0226. The van der Waals surface area contributed by atoms with Crippen LogP contribution in [0.15, 0.2) is 17.0 Å². The van der Waals surface area contributed by atoms with Crippen molar-refractivity contribution in [2.75, 3.05) is 13.1 Å². The van der Waals surface area contributed by atoms with Gasteiger partial charge in [-0.3, -0.25) is 0 Å². The molecule has 21 heavy (non-hydrogen) atoms. The molecule has 2 rings (SSSR count). The molecule has 1 aromatic rings. The van der Waals surface area contributed by atoms with Crippen LogP contribution in [0.2, 0.25) is 10.0 Å². The Morgan fingerprint density at radius 3 is 2.67 bits per heavy atom. The quantitative estimate of drug-likeness (QED) is 0.905. The molecule has 7 heteroatoms. The lowest BCUT2D eigenvalue weighted by Gasteiger charge is -2.31. The Morgan fingerprint density at radius 1 is 1.33 bits per heavy atom. The second-order valence-electron chi connectivity index (χ2n) is 5.31. The molecule has 1 heterocycles. The molecule has 1 N–H and O–H groups in total. The van der Waals surface area contributed by atoms with Crippen LogP contribution in [0.3, 0.4) is 0 Å². The van der Waals surface area contributed by atoms with Crippen LogP contribution in [0.5, 0.6) is 0 Å². The van der Waals surface area contributed by atoms with E-state index in [1.807, 2.05) is 0 Å². The van der Waals surface area contributed by atoms with E-state index in [-0.39, 0.29) is 21.5 Å². The van der Waals surface area contributed by atoms with Crippen molar-refractivity contribution in [3.8, 4) is 0 Å². The molecule has 0 radical (unpaired) electrons. The van der Waals surface area contributed by atoms with E-state index in [9.17, 15) is 13.5 Å². The standard InChI is InChI=1S/C14H19Cl2NO3S/c1-2-10-4-3-5-17(8-10)21(19,20)14-6-11(9-18)12(15)7-13(14)16/h6-7,10,18H,2-5,8-9H2,1H3. The number of sulfonamides is 1. The van der Waals surface area contributed by atoms with Crippen LogP contribution in [0.1, 0.15) is 31.7 Å². The molecule has 1 unspecified atom stereocenters. The summed E-state index contributed by atoms with van der Waals surface area (Å²) >= 11 is 12.0. The van der Waals surface area contributed by atoms with Gasteiger partial charge in [0.2, 0.25) is 10.0 Å².